The van der Waals surface area contributed by atoms with Gasteiger partial charge in [0.2, 0.25) is 0 Å². The molecule has 0 saturated heterocycles. The van der Waals surface area contributed by atoms with Crippen molar-refractivity contribution in [2.24, 2.45) is 0 Å². The topological polar surface area (TPSA) is 86.9 Å². The van der Waals surface area contributed by atoms with E-state index in [2.05, 4.69) is 20.0 Å². The second kappa shape index (κ2) is 5.50. The Hall–Kier alpha value is -1.86. The van der Waals surface area contributed by atoms with E-state index < -0.39 is 10.0 Å². The fourth-order valence-electron chi connectivity index (χ4n) is 2.01. The first-order valence-electron chi connectivity index (χ1n) is 6.90. The lowest BCUT2D eigenvalue weighted by molar-refractivity contribution is 0.601. The highest BCUT2D eigenvalue weighted by Crippen LogP contribution is 2.20. The number of hydrogen-bond donors (Lipinski definition) is 3. The molecule has 2 heterocycles. The largest absolute Gasteiger partial charge is 0.363 e. The highest BCUT2D eigenvalue weighted by molar-refractivity contribution is 7.92. The fourth-order valence-corrected chi connectivity index (χ4v) is 3.03. The van der Waals surface area contributed by atoms with Crippen molar-refractivity contribution in [2.45, 2.75) is 37.2 Å². The average Bonchev–Trinajstić information content (AvgIpc) is 3.12. The predicted molar refractivity (Wildman–Crippen MR) is 80.4 cm³/mol. The minimum Gasteiger partial charge on any atom is -0.363 e. The highest BCUT2D eigenvalue weighted by Gasteiger charge is 2.21. The van der Waals surface area contributed by atoms with Gasteiger partial charge >= 0.3 is 0 Å². The fraction of sp³-hybridized carbons (Fsp3) is 0.357. The van der Waals surface area contributed by atoms with E-state index >= 15 is 0 Å². The molecule has 0 radical (unpaired) electrons. The molecule has 7 heteroatoms. The van der Waals surface area contributed by atoms with Crippen LogP contribution in [0.15, 0.2) is 35.4 Å². The summed E-state index contributed by atoms with van der Waals surface area (Å²) < 4.78 is 27.1. The summed E-state index contributed by atoms with van der Waals surface area (Å²) in [6.07, 6.45) is 3.90. The molecule has 21 heavy (non-hydrogen) atoms. The Labute approximate surface area is 124 Å². The molecular weight excluding hydrogens is 288 g/mol. The summed E-state index contributed by atoms with van der Waals surface area (Å²) in [5, 5.41) is 3.34. The SMILES string of the molecule is Cc1cccc(NS(=O)(=O)c2c[nH]c(CNC3CC3)c2)n1. The molecule has 1 fully saturated rings. The van der Waals surface area contributed by atoms with Gasteiger partial charge in [0.1, 0.15) is 10.7 Å². The first-order chi connectivity index (χ1) is 10.0. The lowest BCUT2D eigenvalue weighted by atomic mass is 10.4. The van der Waals surface area contributed by atoms with Crippen molar-refractivity contribution in [2.75, 3.05) is 4.72 Å². The molecule has 1 aliphatic rings. The first kappa shape index (κ1) is 14.1. The Morgan fingerprint density at radius 3 is 2.90 bits per heavy atom. The molecule has 1 aliphatic carbocycles. The van der Waals surface area contributed by atoms with Crippen LogP contribution in [-0.2, 0) is 16.6 Å². The Balaban J connectivity index is 1.71. The molecule has 0 aliphatic heterocycles. The average molecular weight is 306 g/mol. The van der Waals surface area contributed by atoms with Gasteiger partial charge in [-0.3, -0.25) is 4.72 Å². The molecule has 0 aromatic carbocycles. The summed E-state index contributed by atoms with van der Waals surface area (Å²) >= 11 is 0. The highest BCUT2D eigenvalue weighted by atomic mass is 32.2. The summed E-state index contributed by atoms with van der Waals surface area (Å²) in [7, 11) is -3.60. The molecule has 0 unspecified atom stereocenters. The molecule has 0 spiro atoms. The van der Waals surface area contributed by atoms with Crippen LogP contribution in [-0.4, -0.2) is 24.4 Å². The molecule has 112 valence electrons. The molecule has 0 bridgehead atoms. The maximum Gasteiger partial charge on any atom is 0.264 e. The van der Waals surface area contributed by atoms with Crippen molar-refractivity contribution in [3.63, 3.8) is 0 Å². The second-order valence-corrected chi connectivity index (χ2v) is 6.97. The molecule has 2 aromatic rings. The monoisotopic (exact) mass is 306 g/mol. The molecule has 0 amide bonds. The quantitative estimate of drug-likeness (QED) is 0.759. The smallest absolute Gasteiger partial charge is 0.264 e. The van der Waals surface area contributed by atoms with Gasteiger partial charge in [0, 0.05) is 30.2 Å². The van der Waals surface area contributed by atoms with Gasteiger partial charge in [-0.1, -0.05) is 6.07 Å². The third-order valence-corrected chi connectivity index (χ3v) is 4.65. The van der Waals surface area contributed by atoms with Crippen LogP contribution >= 0.6 is 0 Å². The first-order valence-corrected chi connectivity index (χ1v) is 8.38. The van der Waals surface area contributed by atoms with Gasteiger partial charge in [-0.2, -0.15) is 0 Å². The number of H-pyrrole nitrogens is 1. The standard InChI is InChI=1S/C14H18N4O2S/c1-10-3-2-4-14(17-10)18-21(19,20)13-7-12(16-9-13)8-15-11-5-6-11/h2-4,7,9,11,15-16H,5-6,8H2,1H3,(H,17,18). The minimum absolute atomic E-state index is 0.221. The van der Waals surface area contributed by atoms with Crippen molar-refractivity contribution >= 4 is 15.8 Å². The summed E-state index contributed by atoms with van der Waals surface area (Å²) in [6, 6.07) is 7.45. The second-order valence-electron chi connectivity index (χ2n) is 5.29. The zero-order valence-corrected chi connectivity index (χ0v) is 12.6. The third-order valence-electron chi connectivity index (χ3n) is 3.31. The zero-order chi connectivity index (χ0) is 14.9. The number of aromatic nitrogens is 2. The van der Waals surface area contributed by atoms with Crippen LogP contribution in [0.3, 0.4) is 0 Å². The van der Waals surface area contributed by atoms with E-state index in [1.54, 1.807) is 18.2 Å². The molecule has 6 nitrogen and oxygen atoms in total. The van der Waals surface area contributed by atoms with Crippen molar-refractivity contribution < 1.29 is 8.42 Å². The summed E-state index contributed by atoms with van der Waals surface area (Å²) in [5.41, 5.74) is 1.62. The van der Waals surface area contributed by atoms with Crippen LogP contribution < -0.4 is 10.0 Å². The molecule has 0 atom stereocenters. The van der Waals surface area contributed by atoms with Crippen LogP contribution in [0.2, 0.25) is 0 Å². The van der Waals surface area contributed by atoms with Crippen LogP contribution in [0.5, 0.6) is 0 Å². The maximum absolute atomic E-state index is 12.3. The van der Waals surface area contributed by atoms with E-state index in [1.807, 2.05) is 13.0 Å². The normalized spacial score (nSPS) is 15.1. The van der Waals surface area contributed by atoms with Gasteiger partial charge in [0.15, 0.2) is 0 Å². The van der Waals surface area contributed by atoms with Gasteiger partial charge in [-0.05, 0) is 38.0 Å². The summed E-state index contributed by atoms with van der Waals surface area (Å²) in [4.78, 5) is 7.36. The van der Waals surface area contributed by atoms with Crippen molar-refractivity contribution in [3.05, 3.63) is 41.9 Å². The number of rotatable bonds is 6. The number of nitrogens with zero attached hydrogens (tertiary/aromatic N) is 1. The number of aryl methyl sites for hydroxylation is 1. The number of pyridine rings is 1. The Morgan fingerprint density at radius 2 is 2.19 bits per heavy atom. The van der Waals surface area contributed by atoms with E-state index in [1.165, 1.54) is 19.0 Å². The Bertz CT molecular complexity index is 735. The van der Waals surface area contributed by atoms with Crippen LogP contribution in [0, 0.1) is 6.92 Å². The van der Waals surface area contributed by atoms with Crippen molar-refractivity contribution in [3.8, 4) is 0 Å². The molecule has 3 rings (SSSR count). The van der Waals surface area contributed by atoms with Gasteiger partial charge in [0.05, 0.1) is 0 Å². The van der Waals surface area contributed by atoms with Crippen molar-refractivity contribution in [1.82, 2.24) is 15.3 Å². The van der Waals surface area contributed by atoms with E-state index in [0.717, 1.165) is 11.4 Å². The van der Waals surface area contributed by atoms with Crippen molar-refractivity contribution in [1.29, 1.82) is 0 Å². The molecule has 1 saturated carbocycles. The lowest BCUT2D eigenvalue weighted by Crippen LogP contribution is -2.15. The van der Waals surface area contributed by atoms with Crippen LogP contribution in [0.25, 0.3) is 0 Å². The number of hydrogen-bond acceptors (Lipinski definition) is 4. The van der Waals surface area contributed by atoms with Gasteiger partial charge in [0.25, 0.3) is 10.0 Å². The van der Waals surface area contributed by atoms with Gasteiger partial charge in [-0.25, -0.2) is 13.4 Å². The third kappa shape index (κ3) is 3.62. The van der Waals surface area contributed by atoms with E-state index in [4.69, 9.17) is 0 Å². The number of nitrogens with one attached hydrogen (secondary N) is 3. The number of aromatic amines is 1. The number of anilines is 1. The summed E-state index contributed by atoms with van der Waals surface area (Å²) in [5.74, 6) is 0.328. The van der Waals surface area contributed by atoms with E-state index in [9.17, 15) is 8.42 Å². The van der Waals surface area contributed by atoms with E-state index in [0.29, 0.717) is 18.4 Å². The zero-order valence-electron chi connectivity index (χ0n) is 11.8. The molecule has 3 N–H and O–H groups in total. The molecule has 2 aromatic heterocycles. The lowest BCUT2D eigenvalue weighted by Gasteiger charge is -2.05. The Kier molecular flexibility index (Phi) is 3.69. The van der Waals surface area contributed by atoms with E-state index in [-0.39, 0.29) is 4.90 Å². The molecular formula is C14H18N4O2S. The van der Waals surface area contributed by atoms with Gasteiger partial charge < -0.3 is 10.3 Å². The Morgan fingerprint density at radius 1 is 1.38 bits per heavy atom. The number of sulfonamides is 1. The minimum atomic E-state index is -3.60. The predicted octanol–water partition coefficient (Wildman–Crippen LogP) is 1.77. The maximum atomic E-state index is 12.3. The van der Waals surface area contributed by atoms with Gasteiger partial charge in [-0.15, -0.1) is 0 Å². The van der Waals surface area contributed by atoms with Crippen LogP contribution in [0.4, 0.5) is 5.82 Å². The summed E-state index contributed by atoms with van der Waals surface area (Å²) in [6.45, 7) is 2.47. The van der Waals surface area contributed by atoms with Crippen LogP contribution in [0.1, 0.15) is 24.2 Å².